The molecule has 1 aliphatic heterocycles. The number of sulfonamides is 1. The summed E-state index contributed by atoms with van der Waals surface area (Å²) >= 11 is 3.29. The number of nitrogens with one attached hydrogen (secondary N) is 1. The maximum absolute atomic E-state index is 12.0. The average Bonchev–Trinajstić information content (AvgIpc) is 2.73. The Bertz CT molecular complexity index is 501. The molecule has 0 bridgehead atoms. The van der Waals surface area contributed by atoms with Crippen LogP contribution in [0.1, 0.15) is 6.42 Å². The van der Waals surface area contributed by atoms with E-state index >= 15 is 0 Å². The van der Waals surface area contributed by atoms with Gasteiger partial charge in [-0.05, 0) is 50.2 Å². The maximum atomic E-state index is 12.0. The van der Waals surface area contributed by atoms with Crippen molar-refractivity contribution in [3.8, 4) is 0 Å². The summed E-state index contributed by atoms with van der Waals surface area (Å²) in [5, 5.41) is 0. The van der Waals surface area contributed by atoms with Crippen LogP contribution in [0, 0.1) is 5.92 Å². The second-order valence-corrected chi connectivity index (χ2v) is 7.41. The summed E-state index contributed by atoms with van der Waals surface area (Å²) in [5.41, 5.74) is 0. The van der Waals surface area contributed by atoms with Crippen LogP contribution in [0.5, 0.6) is 0 Å². The van der Waals surface area contributed by atoms with Crippen LogP contribution in [0.2, 0.25) is 0 Å². The monoisotopic (exact) mass is 332 g/mol. The molecule has 1 fully saturated rings. The van der Waals surface area contributed by atoms with Crippen molar-refractivity contribution in [3.05, 3.63) is 28.7 Å². The highest BCUT2D eigenvalue weighted by atomic mass is 79.9. The Morgan fingerprint density at radius 1 is 1.39 bits per heavy atom. The van der Waals surface area contributed by atoms with Gasteiger partial charge in [0.25, 0.3) is 0 Å². The van der Waals surface area contributed by atoms with Gasteiger partial charge in [0.15, 0.2) is 0 Å². The summed E-state index contributed by atoms with van der Waals surface area (Å²) in [4.78, 5) is 2.54. The molecular formula is C12H17BrN2O2S. The van der Waals surface area contributed by atoms with Crippen LogP contribution in [0.25, 0.3) is 0 Å². The molecule has 1 N–H and O–H groups in total. The van der Waals surface area contributed by atoms with Gasteiger partial charge in [0.1, 0.15) is 0 Å². The van der Waals surface area contributed by atoms with Gasteiger partial charge < -0.3 is 4.90 Å². The van der Waals surface area contributed by atoms with Crippen LogP contribution in [0.4, 0.5) is 0 Å². The smallest absolute Gasteiger partial charge is 0.240 e. The van der Waals surface area contributed by atoms with Crippen molar-refractivity contribution in [1.29, 1.82) is 0 Å². The molecule has 1 aromatic carbocycles. The first kappa shape index (κ1) is 14.0. The lowest BCUT2D eigenvalue weighted by molar-refractivity contribution is 0.394. The second kappa shape index (κ2) is 5.69. The first-order valence-electron chi connectivity index (χ1n) is 5.91. The third-order valence-corrected chi connectivity index (χ3v) is 5.14. The summed E-state index contributed by atoms with van der Waals surface area (Å²) < 4.78 is 27.6. The van der Waals surface area contributed by atoms with Crippen molar-refractivity contribution < 1.29 is 8.42 Å². The number of likely N-dealkylation sites (tertiary alicyclic amines) is 1. The lowest BCUT2D eigenvalue weighted by Gasteiger charge is -2.12. The van der Waals surface area contributed by atoms with Crippen molar-refractivity contribution in [2.75, 3.05) is 26.7 Å². The van der Waals surface area contributed by atoms with E-state index in [9.17, 15) is 8.42 Å². The van der Waals surface area contributed by atoms with Gasteiger partial charge in [0, 0.05) is 17.6 Å². The topological polar surface area (TPSA) is 49.4 Å². The Hall–Kier alpha value is -0.430. The Kier molecular flexibility index (Phi) is 4.42. The largest absolute Gasteiger partial charge is 0.306 e. The number of nitrogens with zero attached hydrogens (tertiary/aromatic N) is 1. The van der Waals surface area contributed by atoms with Crippen molar-refractivity contribution in [2.24, 2.45) is 5.92 Å². The van der Waals surface area contributed by atoms with Crippen LogP contribution < -0.4 is 4.72 Å². The summed E-state index contributed by atoms with van der Waals surface area (Å²) in [7, 11) is -1.31. The van der Waals surface area contributed by atoms with Crippen molar-refractivity contribution >= 4 is 26.0 Å². The zero-order chi connectivity index (χ0) is 13.2. The third-order valence-electron chi connectivity index (χ3n) is 3.17. The van der Waals surface area contributed by atoms with E-state index < -0.39 is 10.0 Å². The molecule has 0 spiro atoms. The Morgan fingerprint density at radius 3 is 2.61 bits per heavy atom. The van der Waals surface area contributed by atoms with E-state index in [4.69, 9.17) is 0 Å². The Labute approximate surface area is 117 Å². The number of halogens is 1. The number of benzene rings is 1. The number of hydrogen-bond acceptors (Lipinski definition) is 3. The fraction of sp³-hybridized carbons (Fsp3) is 0.500. The third kappa shape index (κ3) is 3.54. The molecule has 0 saturated carbocycles. The zero-order valence-corrected chi connectivity index (χ0v) is 12.7. The SMILES string of the molecule is CN1CCC(CNS(=O)(=O)c2ccc(Br)cc2)C1. The van der Waals surface area contributed by atoms with Crippen LogP contribution in [0.3, 0.4) is 0 Å². The van der Waals surface area contributed by atoms with E-state index in [0.717, 1.165) is 24.0 Å². The predicted molar refractivity (Wildman–Crippen MR) is 74.9 cm³/mol. The van der Waals surface area contributed by atoms with Crippen LogP contribution in [-0.2, 0) is 10.0 Å². The van der Waals surface area contributed by atoms with Gasteiger partial charge in [-0.1, -0.05) is 15.9 Å². The van der Waals surface area contributed by atoms with Crippen molar-refractivity contribution in [3.63, 3.8) is 0 Å². The van der Waals surface area contributed by atoms with Crippen LogP contribution in [-0.4, -0.2) is 40.0 Å². The maximum Gasteiger partial charge on any atom is 0.240 e. The van der Waals surface area contributed by atoms with Gasteiger partial charge in [-0.25, -0.2) is 13.1 Å². The quantitative estimate of drug-likeness (QED) is 0.912. The molecule has 6 heteroatoms. The van der Waals surface area contributed by atoms with E-state index in [2.05, 4.69) is 32.6 Å². The highest BCUT2D eigenvalue weighted by Gasteiger charge is 2.22. The minimum Gasteiger partial charge on any atom is -0.306 e. The summed E-state index contributed by atoms with van der Waals surface area (Å²) in [6.45, 7) is 2.52. The van der Waals surface area contributed by atoms with Gasteiger partial charge in [-0.2, -0.15) is 0 Å². The number of hydrogen-bond donors (Lipinski definition) is 1. The minimum absolute atomic E-state index is 0.317. The molecular weight excluding hydrogens is 316 g/mol. The highest BCUT2D eigenvalue weighted by molar-refractivity contribution is 9.10. The molecule has 1 aliphatic rings. The molecule has 0 amide bonds. The average molecular weight is 333 g/mol. The molecule has 0 aromatic heterocycles. The second-order valence-electron chi connectivity index (χ2n) is 4.72. The lowest BCUT2D eigenvalue weighted by atomic mass is 10.1. The summed E-state index contributed by atoms with van der Waals surface area (Å²) in [6, 6.07) is 6.68. The Morgan fingerprint density at radius 2 is 2.06 bits per heavy atom. The van der Waals surface area contributed by atoms with Crippen molar-refractivity contribution in [1.82, 2.24) is 9.62 Å². The van der Waals surface area contributed by atoms with Gasteiger partial charge in [-0.15, -0.1) is 0 Å². The van der Waals surface area contributed by atoms with E-state index in [1.165, 1.54) is 0 Å². The molecule has 1 unspecified atom stereocenters. The van der Waals surface area contributed by atoms with Crippen LogP contribution in [0.15, 0.2) is 33.6 Å². The van der Waals surface area contributed by atoms with Gasteiger partial charge in [0.2, 0.25) is 10.0 Å². The van der Waals surface area contributed by atoms with E-state index in [1.807, 2.05) is 0 Å². The lowest BCUT2D eigenvalue weighted by Crippen LogP contribution is -2.30. The molecule has 1 atom stereocenters. The summed E-state index contributed by atoms with van der Waals surface area (Å²) in [5.74, 6) is 0.417. The molecule has 0 aliphatic carbocycles. The van der Waals surface area contributed by atoms with Gasteiger partial charge in [0.05, 0.1) is 4.90 Å². The predicted octanol–water partition coefficient (Wildman–Crippen LogP) is 1.68. The normalized spacial score (nSPS) is 21.3. The van der Waals surface area contributed by atoms with E-state index in [0.29, 0.717) is 17.4 Å². The van der Waals surface area contributed by atoms with E-state index in [-0.39, 0.29) is 0 Å². The van der Waals surface area contributed by atoms with Crippen molar-refractivity contribution in [2.45, 2.75) is 11.3 Å². The van der Waals surface area contributed by atoms with E-state index in [1.54, 1.807) is 24.3 Å². The van der Waals surface area contributed by atoms with Crippen LogP contribution >= 0.6 is 15.9 Å². The fourth-order valence-electron chi connectivity index (χ4n) is 2.12. The molecule has 1 aromatic rings. The first-order chi connectivity index (χ1) is 8.47. The number of rotatable bonds is 4. The zero-order valence-electron chi connectivity index (χ0n) is 10.3. The molecule has 0 radical (unpaired) electrons. The minimum atomic E-state index is -3.37. The Balaban J connectivity index is 1.97. The molecule has 1 saturated heterocycles. The standard InChI is InChI=1S/C12H17BrN2O2S/c1-15-7-6-10(9-15)8-14-18(16,17)12-4-2-11(13)3-5-12/h2-5,10,14H,6-9H2,1H3. The molecule has 1 heterocycles. The summed E-state index contributed by atoms with van der Waals surface area (Å²) in [6.07, 6.45) is 1.05. The molecule has 2 rings (SSSR count). The molecule has 18 heavy (non-hydrogen) atoms. The fourth-order valence-corrected chi connectivity index (χ4v) is 3.50. The highest BCUT2D eigenvalue weighted by Crippen LogP contribution is 2.16. The van der Waals surface area contributed by atoms with Gasteiger partial charge in [-0.3, -0.25) is 0 Å². The van der Waals surface area contributed by atoms with Gasteiger partial charge >= 0.3 is 0 Å². The first-order valence-corrected chi connectivity index (χ1v) is 8.19. The molecule has 100 valence electrons. The molecule has 4 nitrogen and oxygen atoms in total.